The van der Waals surface area contributed by atoms with Gasteiger partial charge in [0.2, 0.25) is 0 Å². The monoisotopic (exact) mass is 337 g/mol. The van der Waals surface area contributed by atoms with Crippen LogP contribution in [0.3, 0.4) is 0 Å². The van der Waals surface area contributed by atoms with Crippen LogP contribution in [0.15, 0.2) is 48.5 Å². The number of carbonyl (C=O) groups excluding carboxylic acids is 1. The SMILES string of the molecule is CC1(C(=O)OCCN2CCCC2)c2ccccc2Oc2ccccc21. The van der Waals surface area contributed by atoms with Crippen molar-refractivity contribution in [3.63, 3.8) is 0 Å². The number of nitrogens with zero attached hydrogens (tertiary/aromatic N) is 1. The minimum Gasteiger partial charge on any atom is -0.463 e. The maximum atomic E-state index is 13.1. The summed E-state index contributed by atoms with van der Waals surface area (Å²) in [4.78, 5) is 15.5. The van der Waals surface area contributed by atoms with E-state index in [1.54, 1.807) is 0 Å². The largest absolute Gasteiger partial charge is 0.463 e. The summed E-state index contributed by atoms with van der Waals surface area (Å²) >= 11 is 0. The molecule has 0 atom stereocenters. The van der Waals surface area contributed by atoms with E-state index >= 15 is 0 Å². The highest BCUT2D eigenvalue weighted by Gasteiger charge is 2.45. The van der Waals surface area contributed by atoms with Crippen LogP contribution in [0.4, 0.5) is 0 Å². The number of hydrogen-bond acceptors (Lipinski definition) is 4. The fourth-order valence-corrected chi connectivity index (χ4v) is 3.84. The molecule has 0 unspecified atom stereocenters. The number of rotatable bonds is 4. The van der Waals surface area contributed by atoms with Crippen molar-refractivity contribution >= 4 is 5.97 Å². The Bertz CT molecular complexity index is 735. The van der Waals surface area contributed by atoms with E-state index in [4.69, 9.17) is 9.47 Å². The van der Waals surface area contributed by atoms with Crippen molar-refractivity contribution in [3.8, 4) is 11.5 Å². The van der Waals surface area contributed by atoms with Gasteiger partial charge in [0.15, 0.2) is 0 Å². The van der Waals surface area contributed by atoms with E-state index in [-0.39, 0.29) is 5.97 Å². The molecule has 0 bridgehead atoms. The third kappa shape index (κ3) is 2.81. The van der Waals surface area contributed by atoms with E-state index < -0.39 is 5.41 Å². The van der Waals surface area contributed by atoms with Crippen LogP contribution in [0.25, 0.3) is 0 Å². The number of para-hydroxylation sites is 2. The Morgan fingerprint density at radius 3 is 2.20 bits per heavy atom. The average Bonchev–Trinajstić information content (AvgIpc) is 3.15. The van der Waals surface area contributed by atoms with Gasteiger partial charge in [-0.2, -0.15) is 0 Å². The van der Waals surface area contributed by atoms with Gasteiger partial charge in [0.25, 0.3) is 0 Å². The number of ether oxygens (including phenoxy) is 2. The number of esters is 1. The summed E-state index contributed by atoms with van der Waals surface area (Å²) in [5.41, 5.74) is 0.871. The summed E-state index contributed by atoms with van der Waals surface area (Å²) < 4.78 is 11.7. The second-order valence-electron chi connectivity index (χ2n) is 6.90. The second-order valence-corrected chi connectivity index (χ2v) is 6.90. The van der Waals surface area contributed by atoms with Crippen molar-refractivity contribution in [1.82, 2.24) is 4.90 Å². The Morgan fingerprint density at radius 1 is 1.04 bits per heavy atom. The fourth-order valence-electron chi connectivity index (χ4n) is 3.84. The van der Waals surface area contributed by atoms with E-state index in [1.807, 2.05) is 55.5 Å². The number of fused-ring (bicyclic) bond motifs is 2. The van der Waals surface area contributed by atoms with Gasteiger partial charge in [0, 0.05) is 17.7 Å². The highest BCUT2D eigenvalue weighted by Crippen LogP contribution is 2.48. The van der Waals surface area contributed by atoms with Gasteiger partial charge >= 0.3 is 5.97 Å². The van der Waals surface area contributed by atoms with Crippen molar-refractivity contribution < 1.29 is 14.3 Å². The number of likely N-dealkylation sites (tertiary alicyclic amines) is 1. The van der Waals surface area contributed by atoms with Crippen LogP contribution in [0.2, 0.25) is 0 Å². The third-order valence-electron chi connectivity index (χ3n) is 5.32. The first-order valence-electron chi connectivity index (χ1n) is 8.96. The molecule has 1 saturated heterocycles. The van der Waals surface area contributed by atoms with Gasteiger partial charge < -0.3 is 9.47 Å². The zero-order chi connectivity index (χ0) is 17.3. The fraction of sp³-hybridized carbons (Fsp3) is 0.381. The van der Waals surface area contributed by atoms with Crippen molar-refractivity contribution in [2.24, 2.45) is 0 Å². The molecule has 0 aromatic heterocycles. The molecule has 0 radical (unpaired) electrons. The van der Waals surface area contributed by atoms with E-state index in [9.17, 15) is 4.79 Å². The zero-order valence-corrected chi connectivity index (χ0v) is 14.5. The van der Waals surface area contributed by atoms with Gasteiger partial charge in [-0.1, -0.05) is 36.4 Å². The van der Waals surface area contributed by atoms with Crippen molar-refractivity contribution in [3.05, 3.63) is 59.7 Å². The molecule has 0 spiro atoms. The molecular weight excluding hydrogens is 314 g/mol. The quantitative estimate of drug-likeness (QED) is 0.797. The molecule has 0 N–H and O–H groups in total. The summed E-state index contributed by atoms with van der Waals surface area (Å²) in [7, 11) is 0. The van der Waals surface area contributed by atoms with Gasteiger partial charge in [-0.15, -0.1) is 0 Å². The zero-order valence-electron chi connectivity index (χ0n) is 14.5. The van der Waals surface area contributed by atoms with Crippen molar-refractivity contribution in [1.29, 1.82) is 0 Å². The molecule has 130 valence electrons. The Balaban J connectivity index is 1.61. The van der Waals surface area contributed by atoms with Gasteiger partial charge in [0.05, 0.1) is 0 Å². The maximum absolute atomic E-state index is 13.1. The van der Waals surface area contributed by atoms with Crippen LogP contribution >= 0.6 is 0 Å². The molecule has 2 aromatic rings. The van der Waals surface area contributed by atoms with Crippen LogP contribution in [0, 0.1) is 0 Å². The molecule has 2 aliphatic heterocycles. The maximum Gasteiger partial charge on any atom is 0.321 e. The lowest BCUT2D eigenvalue weighted by molar-refractivity contribution is -0.149. The molecule has 0 aliphatic carbocycles. The van der Waals surface area contributed by atoms with Crippen LogP contribution < -0.4 is 4.74 Å². The smallest absolute Gasteiger partial charge is 0.321 e. The molecule has 0 amide bonds. The van der Waals surface area contributed by atoms with Crippen molar-refractivity contribution in [2.75, 3.05) is 26.2 Å². The Hall–Kier alpha value is -2.33. The molecule has 2 heterocycles. The van der Waals surface area contributed by atoms with Crippen LogP contribution in [0.5, 0.6) is 11.5 Å². The van der Waals surface area contributed by atoms with E-state index in [1.165, 1.54) is 12.8 Å². The van der Waals surface area contributed by atoms with Gasteiger partial charge in [-0.25, -0.2) is 0 Å². The molecule has 1 fully saturated rings. The minimum absolute atomic E-state index is 0.213. The standard InChI is InChI=1S/C21H23NO3/c1-21(20(23)24-15-14-22-12-6-7-13-22)16-8-2-4-10-18(16)25-19-11-5-3-9-17(19)21/h2-5,8-11H,6-7,12-15H2,1H3. The molecule has 2 aliphatic rings. The summed E-state index contributed by atoms with van der Waals surface area (Å²) in [5.74, 6) is 1.23. The summed E-state index contributed by atoms with van der Waals surface area (Å²) in [6.07, 6.45) is 2.48. The molecule has 25 heavy (non-hydrogen) atoms. The Morgan fingerprint density at radius 2 is 1.60 bits per heavy atom. The molecule has 2 aromatic carbocycles. The lowest BCUT2D eigenvalue weighted by atomic mass is 9.74. The lowest BCUT2D eigenvalue weighted by Crippen LogP contribution is -2.39. The molecule has 0 saturated carbocycles. The van der Waals surface area contributed by atoms with Crippen LogP contribution in [0.1, 0.15) is 30.9 Å². The highest BCUT2D eigenvalue weighted by atomic mass is 16.5. The first kappa shape index (κ1) is 16.2. The molecular formula is C21H23NO3. The molecule has 4 heteroatoms. The van der Waals surface area contributed by atoms with Crippen LogP contribution in [-0.4, -0.2) is 37.1 Å². The van der Waals surface area contributed by atoms with E-state index in [0.29, 0.717) is 6.61 Å². The Labute approximate surface area is 148 Å². The lowest BCUT2D eigenvalue weighted by Gasteiger charge is -2.35. The highest BCUT2D eigenvalue weighted by molar-refractivity contribution is 5.90. The topological polar surface area (TPSA) is 38.8 Å². The molecule has 4 nitrogen and oxygen atoms in total. The minimum atomic E-state index is -0.851. The van der Waals surface area contributed by atoms with Gasteiger partial charge in [-0.05, 0) is 45.0 Å². The number of benzene rings is 2. The predicted molar refractivity (Wildman–Crippen MR) is 96.0 cm³/mol. The van der Waals surface area contributed by atoms with Crippen LogP contribution in [-0.2, 0) is 14.9 Å². The summed E-state index contributed by atoms with van der Waals surface area (Å²) in [6, 6.07) is 15.4. The predicted octanol–water partition coefficient (Wildman–Crippen LogP) is 3.74. The first-order valence-corrected chi connectivity index (χ1v) is 8.96. The number of hydrogen-bond donors (Lipinski definition) is 0. The normalized spacial score (nSPS) is 18.1. The van der Waals surface area contributed by atoms with Gasteiger partial charge in [-0.3, -0.25) is 9.69 Å². The summed E-state index contributed by atoms with van der Waals surface area (Å²) in [6.45, 7) is 5.38. The first-order chi connectivity index (χ1) is 12.2. The van der Waals surface area contributed by atoms with Gasteiger partial charge in [0.1, 0.15) is 23.5 Å². The van der Waals surface area contributed by atoms with E-state index in [0.717, 1.165) is 42.3 Å². The second kappa shape index (κ2) is 6.52. The Kier molecular flexibility index (Phi) is 4.22. The van der Waals surface area contributed by atoms with E-state index in [2.05, 4.69) is 4.90 Å². The number of carbonyl (C=O) groups is 1. The average molecular weight is 337 g/mol. The van der Waals surface area contributed by atoms with Crippen molar-refractivity contribution in [2.45, 2.75) is 25.2 Å². The summed E-state index contributed by atoms with van der Waals surface area (Å²) in [5, 5.41) is 0. The molecule has 4 rings (SSSR count). The third-order valence-corrected chi connectivity index (χ3v) is 5.32.